The van der Waals surface area contributed by atoms with Crippen LogP contribution in [0, 0.1) is 11.2 Å². The number of hydrogen-bond donors (Lipinski definition) is 1. The molecule has 0 spiro atoms. The summed E-state index contributed by atoms with van der Waals surface area (Å²) >= 11 is 0. The van der Waals surface area contributed by atoms with Gasteiger partial charge < -0.3 is 10.1 Å². The van der Waals surface area contributed by atoms with E-state index in [9.17, 15) is 14.0 Å². The van der Waals surface area contributed by atoms with Crippen molar-refractivity contribution in [3.63, 3.8) is 0 Å². The van der Waals surface area contributed by atoms with Crippen LogP contribution >= 0.6 is 0 Å². The summed E-state index contributed by atoms with van der Waals surface area (Å²) in [5.74, 6) is -0.647. The molecular weight excluding hydrogens is 285 g/mol. The molecule has 5 heteroatoms. The van der Waals surface area contributed by atoms with Gasteiger partial charge in [0.05, 0.1) is 0 Å². The van der Waals surface area contributed by atoms with Gasteiger partial charge in [0.15, 0.2) is 18.1 Å². The third kappa shape index (κ3) is 4.16. The van der Waals surface area contributed by atoms with Crippen LogP contribution in [0.25, 0.3) is 0 Å². The zero-order valence-corrected chi connectivity index (χ0v) is 13.0. The van der Waals surface area contributed by atoms with Crippen molar-refractivity contribution in [2.75, 3.05) is 11.9 Å². The summed E-state index contributed by atoms with van der Waals surface area (Å²) < 4.78 is 18.4. The molecule has 1 N–H and O–H groups in total. The Labute approximate surface area is 129 Å². The van der Waals surface area contributed by atoms with E-state index >= 15 is 0 Å². The van der Waals surface area contributed by atoms with Crippen molar-refractivity contribution >= 4 is 17.4 Å². The van der Waals surface area contributed by atoms with Crippen molar-refractivity contribution < 1.29 is 18.7 Å². The Morgan fingerprint density at radius 3 is 2.73 bits per heavy atom. The Kier molecular flexibility index (Phi) is 4.64. The molecule has 2 rings (SSSR count). The topological polar surface area (TPSA) is 55.4 Å². The average Bonchev–Trinajstić information content (AvgIpc) is 2.36. The van der Waals surface area contributed by atoms with E-state index in [0.29, 0.717) is 12.1 Å². The van der Waals surface area contributed by atoms with Gasteiger partial charge in [0.1, 0.15) is 5.82 Å². The van der Waals surface area contributed by atoms with Gasteiger partial charge in [0, 0.05) is 12.1 Å². The van der Waals surface area contributed by atoms with Gasteiger partial charge in [0.25, 0.3) is 5.91 Å². The van der Waals surface area contributed by atoms with Gasteiger partial charge in [-0.15, -0.1) is 0 Å². The molecule has 0 saturated carbocycles. The number of ketones is 1. The number of ether oxygens (including phenoxy) is 1. The number of allylic oxidation sites excluding steroid dienone is 2. The van der Waals surface area contributed by atoms with Gasteiger partial charge in [-0.3, -0.25) is 9.59 Å². The molecule has 1 aromatic carbocycles. The summed E-state index contributed by atoms with van der Waals surface area (Å²) in [7, 11) is 0. The fraction of sp³-hybridized carbons (Fsp3) is 0.412. The molecule has 0 saturated heterocycles. The normalized spacial score (nSPS) is 17.4. The Morgan fingerprint density at radius 2 is 2.09 bits per heavy atom. The number of nitrogens with one attached hydrogen (secondary N) is 1. The molecule has 4 nitrogen and oxygen atoms in total. The van der Waals surface area contributed by atoms with Crippen LogP contribution in [0.2, 0.25) is 0 Å². The van der Waals surface area contributed by atoms with Gasteiger partial charge >= 0.3 is 0 Å². The molecule has 1 aromatic rings. The maximum absolute atomic E-state index is 13.0. The molecule has 1 aliphatic rings. The highest BCUT2D eigenvalue weighted by molar-refractivity contribution is 5.97. The molecule has 0 radical (unpaired) electrons. The van der Waals surface area contributed by atoms with E-state index in [1.165, 1.54) is 18.2 Å². The zero-order valence-electron chi connectivity index (χ0n) is 13.0. The number of carbonyl (C=O) groups excluding carboxylic acids is 2. The second-order valence-corrected chi connectivity index (χ2v) is 6.40. The van der Waals surface area contributed by atoms with Gasteiger partial charge in [-0.2, -0.15) is 0 Å². The van der Waals surface area contributed by atoms with Crippen molar-refractivity contribution in [2.24, 2.45) is 5.41 Å². The monoisotopic (exact) mass is 305 g/mol. The number of rotatable bonds is 4. The van der Waals surface area contributed by atoms with Gasteiger partial charge in [-0.1, -0.05) is 19.9 Å². The van der Waals surface area contributed by atoms with E-state index < -0.39 is 11.7 Å². The minimum Gasteiger partial charge on any atom is -0.480 e. The quantitative estimate of drug-likeness (QED) is 0.927. The van der Waals surface area contributed by atoms with Crippen LogP contribution < -0.4 is 5.32 Å². The molecule has 0 bridgehead atoms. The molecule has 1 aliphatic carbocycles. The maximum Gasteiger partial charge on any atom is 0.262 e. The van der Waals surface area contributed by atoms with E-state index in [1.807, 2.05) is 20.8 Å². The molecule has 0 heterocycles. The summed E-state index contributed by atoms with van der Waals surface area (Å²) in [6.45, 7) is 5.64. The lowest BCUT2D eigenvalue weighted by molar-refractivity contribution is -0.124. The van der Waals surface area contributed by atoms with E-state index in [1.54, 1.807) is 6.07 Å². The van der Waals surface area contributed by atoms with Crippen molar-refractivity contribution in [1.82, 2.24) is 0 Å². The lowest BCUT2D eigenvalue weighted by Gasteiger charge is -2.30. The lowest BCUT2D eigenvalue weighted by atomic mass is 9.76. The molecular formula is C17H20FNO3. The zero-order chi connectivity index (χ0) is 16.3. The number of Topliss-reactive ketones (excluding diaryl/α,β-unsaturated/α-hetero) is 1. The number of halogens is 1. The number of benzene rings is 1. The summed E-state index contributed by atoms with van der Waals surface area (Å²) in [6.07, 6.45) is 1.17. The highest BCUT2D eigenvalue weighted by atomic mass is 19.1. The molecule has 0 aliphatic heterocycles. The van der Waals surface area contributed by atoms with Crippen LogP contribution in [-0.4, -0.2) is 18.3 Å². The van der Waals surface area contributed by atoms with Gasteiger partial charge in [0.2, 0.25) is 0 Å². The fourth-order valence-corrected chi connectivity index (χ4v) is 2.72. The SMILES string of the molecule is CC1=C(OCC(=O)Nc2cccc(F)c2)C(=O)CC(C)(C)C1. The number of carbonyl (C=O) groups is 2. The van der Waals surface area contributed by atoms with Crippen LogP contribution in [0.4, 0.5) is 10.1 Å². The van der Waals surface area contributed by atoms with E-state index in [2.05, 4.69) is 5.32 Å². The van der Waals surface area contributed by atoms with Crippen LogP contribution in [0.1, 0.15) is 33.6 Å². The molecule has 0 atom stereocenters. The number of amides is 1. The predicted octanol–water partition coefficient (Wildman–Crippen LogP) is 3.44. The van der Waals surface area contributed by atoms with Crippen LogP contribution in [0.3, 0.4) is 0 Å². The van der Waals surface area contributed by atoms with Crippen molar-refractivity contribution in [2.45, 2.75) is 33.6 Å². The highest BCUT2D eigenvalue weighted by Gasteiger charge is 2.32. The summed E-state index contributed by atoms with van der Waals surface area (Å²) in [4.78, 5) is 23.9. The molecule has 118 valence electrons. The third-order valence-corrected chi connectivity index (χ3v) is 3.48. The maximum atomic E-state index is 13.0. The smallest absolute Gasteiger partial charge is 0.262 e. The second-order valence-electron chi connectivity index (χ2n) is 6.40. The van der Waals surface area contributed by atoms with E-state index in [-0.39, 0.29) is 23.6 Å². The largest absolute Gasteiger partial charge is 0.480 e. The second kappa shape index (κ2) is 6.30. The van der Waals surface area contributed by atoms with Crippen LogP contribution in [0.5, 0.6) is 0 Å². The molecule has 1 amide bonds. The first-order chi connectivity index (χ1) is 10.3. The first-order valence-electron chi connectivity index (χ1n) is 7.18. The van der Waals surface area contributed by atoms with Crippen molar-refractivity contribution in [1.29, 1.82) is 0 Å². The standard InChI is InChI=1S/C17H20FNO3/c1-11-8-17(2,3)9-14(20)16(11)22-10-15(21)19-13-6-4-5-12(18)7-13/h4-7H,8-10H2,1-3H3,(H,19,21). The van der Waals surface area contributed by atoms with Gasteiger partial charge in [-0.25, -0.2) is 4.39 Å². The summed E-state index contributed by atoms with van der Waals surface area (Å²) in [5.41, 5.74) is 1.15. The van der Waals surface area contributed by atoms with Gasteiger partial charge in [-0.05, 0) is 42.5 Å². The molecule has 0 aromatic heterocycles. The average molecular weight is 305 g/mol. The molecule has 22 heavy (non-hydrogen) atoms. The predicted molar refractivity (Wildman–Crippen MR) is 81.7 cm³/mol. The summed E-state index contributed by atoms with van der Waals surface area (Å²) in [6, 6.07) is 5.60. The first-order valence-corrected chi connectivity index (χ1v) is 7.18. The van der Waals surface area contributed by atoms with Crippen molar-refractivity contribution in [3.8, 4) is 0 Å². The minimum atomic E-state index is -0.429. The Morgan fingerprint density at radius 1 is 1.36 bits per heavy atom. The Hall–Kier alpha value is -2.17. The van der Waals surface area contributed by atoms with Crippen LogP contribution in [-0.2, 0) is 14.3 Å². The van der Waals surface area contributed by atoms with Crippen molar-refractivity contribution in [3.05, 3.63) is 41.4 Å². The Balaban J connectivity index is 1.95. The number of hydrogen-bond acceptors (Lipinski definition) is 3. The third-order valence-electron chi connectivity index (χ3n) is 3.48. The highest BCUT2D eigenvalue weighted by Crippen LogP contribution is 2.36. The fourth-order valence-electron chi connectivity index (χ4n) is 2.72. The van der Waals surface area contributed by atoms with E-state index in [0.717, 1.165) is 12.0 Å². The number of anilines is 1. The minimum absolute atomic E-state index is 0.0716. The first kappa shape index (κ1) is 16.2. The summed E-state index contributed by atoms with van der Waals surface area (Å²) in [5, 5.41) is 2.53. The molecule has 0 unspecified atom stereocenters. The Bertz CT molecular complexity index is 635. The lowest BCUT2D eigenvalue weighted by Crippen LogP contribution is -2.28. The molecule has 0 fully saturated rings. The van der Waals surface area contributed by atoms with Crippen LogP contribution in [0.15, 0.2) is 35.6 Å². The van der Waals surface area contributed by atoms with E-state index in [4.69, 9.17) is 4.74 Å².